The van der Waals surface area contributed by atoms with Crippen LogP contribution in [0.4, 0.5) is 0 Å². The van der Waals surface area contributed by atoms with E-state index in [4.69, 9.17) is 16.7 Å². The standard InChI is InChI=1S/C38H45N3O/c1-7-29-15-16-35-37(33-13-9-8-12-32(33)34-14-10-11-18-41(34)35)26(4)40-19-17-30(31-21-24(2)20-25(3)22-31)23-36(40)38(29)27(5)42-28(6)39/h8-14,17-19,23-25,31,35,37,39H,4-5,7,15-16,20-22H2,1-3,6H3/q+2/b38-29-,39-28?. The first kappa shape index (κ1) is 28.3. The number of fused-ring (bicyclic) bond motifs is 7. The minimum Gasteiger partial charge on any atom is -0.444 e. The zero-order chi connectivity index (χ0) is 29.5. The molecule has 42 heavy (non-hydrogen) atoms. The third kappa shape index (κ3) is 5.06. The van der Waals surface area contributed by atoms with Crippen LogP contribution in [-0.2, 0) is 4.74 Å². The van der Waals surface area contributed by atoms with Crippen LogP contribution in [-0.4, -0.2) is 5.90 Å². The van der Waals surface area contributed by atoms with Gasteiger partial charge in [-0.3, -0.25) is 5.41 Å². The lowest BCUT2D eigenvalue weighted by Gasteiger charge is -2.32. The molecule has 3 aromatic rings. The summed E-state index contributed by atoms with van der Waals surface area (Å²) in [7, 11) is 0. The molecule has 6 rings (SSSR count). The lowest BCUT2D eigenvalue weighted by molar-refractivity contribution is -0.720. The first-order valence-corrected chi connectivity index (χ1v) is 15.8. The molecule has 3 aliphatic rings. The van der Waals surface area contributed by atoms with Crippen LogP contribution in [0.25, 0.3) is 22.5 Å². The van der Waals surface area contributed by atoms with Gasteiger partial charge in [-0.2, -0.15) is 9.13 Å². The van der Waals surface area contributed by atoms with Crippen molar-refractivity contribution in [2.24, 2.45) is 11.8 Å². The van der Waals surface area contributed by atoms with Crippen molar-refractivity contribution < 1.29 is 13.9 Å². The second-order valence-corrected chi connectivity index (χ2v) is 12.9. The van der Waals surface area contributed by atoms with Crippen LogP contribution < -0.4 is 9.13 Å². The van der Waals surface area contributed by atoms with E-state index >= 15 is 0 Å². The average Bonchev–Trinajstić information content (AvgIpc) is 3.02. The van der Waals surface area contributed by atoms with E-state index in [1.165, 1.54) is 47.2 Å². The third-order valence-corrected chi connectivity index (χ3v) is 9.83. The second-order valence-electron chi connectivity index (χ2n) is 12.9. The third-order valence-electron chi connectivity index (χ3n) is 9.83. The van der Waals surface area contributed by atoms with E-state index in [1.807, 2.05) is 0 Å². The molecule has 0 bridgehead atoms. The Kier molecular flexibility index (Phi) is 7.74. The number of rotatable bonds is 4. The monoisotopic (exact) mass is 559 g/mol. The van der Waals surface area contributed by atoms with E-state index in [9.17, 15) is 0 Å². The number of nitrogens with one attached hydrogen (secondary N) is 1. The van der Waals surface area contributed by atoms with Gasteiger partial charge in [-0.1, -0.05) is 51.1 Å². The molecule has 2 aromatic heterocycles. The largest absolute Gasteiger partial charge is 0.444 e. The summed E-state index contributed by atoms with van der Waals surface area (Å²) in [6, 6.07) is 20.3. The van der Waals surface area contributed by atoms with Gasteiger partial charge in [0.1, 0.15) is 11.7 Å². The van der Waals surface area contributed by atoms with Crippen molar-refractivity contribution in [3.8, 4) is 11.3 Å². The van der Waals surface area contributed by atoms with Crippen molar-refractivity contribution in [1.29, 1.82) is 5.41 Å². The lowest BCUT2D eigenvalue weighted by atomic mass is 9.74. The highest BCUT2D eigenvalue weighted by atomic mass is 16.5. The van der Waals surface area contributed by atoms with Gasteiger partial charge in [0.05, 0.1) is 11.1 Å². The summed E-state index contributed by atoms with van der Waals surface area (Å²) in [5, 5.41) is 8.14. The fourth-order valence-corrected chi connectivity index (χ4v) is 8.19. The molecule has 216 valence electrons. The molecule has 4 nitrogen and oxygen atoms in total. The Morgan fingerprint density at radius 3 is 2.45 bits per heavy atom. The highest BCUT2D eigenvalue weighted by Gasteiger charge is 2.46. The fourth-order valence-electron chi connectivity index (χ4n) is 8.19. The molecule has 0 saturated heterocycles. The van der Waals surface area contributed by atoms with Crippen molar-refractivity contribution in [2.45, 2.75) is 84.1 Å². The summed E-state index contributed by atoms with van der Waals surface area (Å²) in [5.74, 6) is 2.81. The van der Waals surface area contributed by atoms with Gasteiger partial charge in [-0.05, 0) is 79.7 Å². The Labute approximate surface area is 251 Å². The maximum absolute atomic E-state index is 8.14. The van der Waals surface area contributed by atoms with Crippen molar-refractivity contribution in [3.05, 3.63) is 108 Å². The summed E-state index contributed by atoms with van der Waals surface area (Å²) in [6.07, 6.45) is 11.0. The maximum atomic E-state index is 8.14. The predicted octanol–water partition coefficient (Wildman–Crippen LogP) is 8.76. The van der Waals surface area contributed by atoms with Crippen molar-refractivity contribution in [3.63, 3.8) is 0 Å². The topological polar surface area (TPSA) is 40.8 Å². The molecule has 4 unspecified atom stereocenters. The normalized spacial score (nSPS) is 26.9. The summed E-state index contributed by atoms with van der Waals surface area (Å²) >= 11 is 0. The molecule has 4 heterocycles. The van der Waals surface area contributed by atoms with Crippen LogP contribution in [0, 0.1) is 17.2 Å². The Morgan fingerprint density at radius 2 is 1.71 bits per heavy atom. The van der Waals surface area contributed by atoms with Crippen LogP contribution in [0.15, 0.2) is 91.5 Å². The average molecular weight is 560 g/mol. The maximum Gasteiger partial charge on any atom is 0.222 e. The van der Waals surface area contributed by atoms with E-state index in [-0.39, 0.29) is 17.9 Å². The number of ether oxygens (including phenoxy) is 1. The molecule has 0 radical (unpaired) electrons. The number of aromatic nitrogens is 2. The summed E-state index contributed by atoms with van der Waals surface area (Å²) < 4.78 is 10.8. The molecular weight excluding hydrogens is 514 g/mol. The van der Waals surface area contributed by atoms with Crippen LogP contribution >= 0.6 is 0 Å². The number of pyridine rings is 2. The van der Waals surface area contributed by atoms with Gasteiger partial charge in [-0.15, -0.1) is 0 Å². The number of hydrogen-bond acceptors (Lipinski definition) is 2. The second kappa shape index (κ2) is 11.5. The first-order valence-electron chi connectivity index (χ1n) is 15.8. The molecule has 1 saturated carbocycles. The Balaban J connectivity index is 1.58. The SMILES string of the molecule is C=C(OC(C)=N)/C1=C(\CC)CCC2C(C(=C)[n+]3ccc(C4CC(C)CC(C)C4)cc31)c1ccccc1-c1cccc[n+]12. The number of allylic oxidation sites excluding steroid dienone is 3. The van der Waals surface area contributed by atoms with Crippen LogP contribution in [0.3, 0.4) is 0 Å². The van der Waals surface area contributed by atoms with Crippen LogP contribution in [0.1, 0.15) is 101 Å². The van der Waals surface area contributed by atoms with E-state index in [0.717, 1.165) is 48.1 Å². The molecule has 0 spiro atoms. The summed E-state index contributed by atoms with van der Waals surface area (Å²) in [6.45, 7) is 18.0. The first-order chi connectivity index (χ1) is 20.3. The molecular formula is C38H45N3O+2. The number of benzene rings is 1. The van der Waals surface area contributed by atoms with E-state index < -0.39 is 0 Å². The Morgan fingerprint density at radius 1 is 0.976 bits per heavy atom. The number of hydrogen-bond donors (Lipinski definition) is 1. The quantitative estimate of drug-likeness (QED) is 0.148. The minimum absolute atomic E-state index is 0.113. The molecule has 1 aromatic carbocycles. The summed E-state index contributed by atoms with van der Waals surface area (Å²) in [5.41, 5.74) is 9.78. The Bertz CT molecular complexity index is 1590. The predicted molar refractivity (Wildman–Crippen MR) is 171 cm³/mol. The minimum atomic E-state index is 0.113. The Hall–Kier alpha value is -3.79. The van der Waals surface area contributed by atoms with Crippen molar-refractivity contribution >= 4 is 17.2 Å². The molecule has 1 N–H and O–H groups in total. The molecule has 1 aliphatic carbocycles. The molecule has 0 amide bonds. The van der Waals surface area contributed by atoms with Gasteiger partial charge in [-0.25, -0.2) is 0 Å². The van der Waals surface area contributed by atoms with Gasteiger partial charge in [0, 0.05) is 37.6 Å². The van der Waals surface area contributed by atoms with E-state index in [0.29, 0.717) is 11.7 Å². The number of nitrogens with zero attached hydrogens (tertiary/aromatic N) is 2. The van der Waals surface area contributed by atoms with E-state index in [1.54, 1.807) is 6.92 Å². The molecule has 1 fully saturated rings. The van der Waals surface area contributed by atoms with Gasteiger partial charge in [0.25, 0.3) is 0 Å². The molecule has 4 atom stereocenters. The molecule has 4 heteroatoms. The highest BCUT2D eigenvalue weighted by molar-refractivity contribution is 5.82. The van der Waals surface area contributed by atoms with Crippen LogP contribution in [0.2, 0.25) is 0 Å². The van der Waals surface area contributed by atoms with E-state index in [2.05, 4.69) is 103 Å². The zero-order valence-electron chi connectivity index (χ0n) is 25.7. The van der Waals surface area contributed by atoms with Gasteiger partial charge >= 0.3 is 0 Å². The van der Waals surface area contributed by atoms with Gasteiger partial charge in [0.2, 0.25) is 11.4 Å². The molecule has 2 aliphatic heterocycles. The van der Waals surface area contributed by atoms with Gasteiger partial charge < -0.3 is 4.74 Å². The summed E-state index contributed by atoms with van der Waals surface area (Å²) in [4.78, 5) is 0. The van der Waals surface area contributed by atoms with Gasteiger partial charge in [0.15, 0.2) is 30.0 Å². The smallest absolute Gasteiger partial charge is 0.222 e. The highest BCUT2D eigenvalue weighted by Crippen LogP contribution is 2.46. The van der Waals surface area contributed by atoms with Crippen LogP contribution in [0.5, 0.6) is 0 Å². The lowest BCUT2D eigenvalue weighted by Crippen LogP contribution is -2.50. The van der Waals surface area contributed by atoms with Crippen molar-refractivity contribution in [2.75, 3.05) is 0 Å². The van der Waals surface area contributed by atoms with Crippen molar-refractivity contribution in [1.82, 2.24) is 0 Å². The fraction of sp³-hybridized carbons (Fsp3) is 0.395. The zero-order valence-corrected chi connectivity index (χ0v) is 25.7.